The van der Waals surface area contributed by atoms with Gasteiger partial charge >= 0.3 is 6.16 Å². The number of carbonyl (C=O) groups is 3. The molecule has 0 amide bonds. The summed E-state index contributed by atoms with van der Waals surface area (Å²) in [5.74, 6) is -2.48. The molecule has 8 atom stereocenters. The van der Waals surface area contributed by atoms with Crippen LogP contribution < -0.4 is 0 Å². The third-order valence-corrected chi connectivity index (χ3v) is 9.99. The van der Waals surface area contributed by atoms with Crippen molar-refractivity contribution in [2.24, 2.45) is 28.6 Å². The molecule has 0 bridgehead atoms. The zero-order valence-electron chi connectivity index (χ0n) is 23.2. The van der Waals surface area contributed by atoms with Gasteiger partial charge in [0.15, 0.2) is 18.1 Å². The standard InChI is InChI=1S/C29H41FO9/c1-5-36-10-11-37-12-13-38-25(34)39-17-24(33)29(35)18(2)14-22-21-7-6-19-15-20(31)8-9-26(19,3)28(21,30)23(32)16-27(22,29)4/h8-9,15,18,21-23,32,35H,5-7,10-14,16-17H2,1-4H3/t18-,21+,22+,23+,26+,27+,28+,29+/m1/s1. The number of hydrogen-bond acceptors (Lipinski definition) is 9. The zero-order valence-corrected chi connectivity index (χ0v) is 23.2. The second-order valence-corrected chi connectivity index (χ2v) is 11.8. The molecule has 4 aliphatic rings. The zero-order chi connectivity index (χ0) is 28.6. The SMILES string of the molecule is CCOCCOCCOC(=O)OCC(=O)[C@@]1(O)[C@H](C)C[C@H]2[C@@H]3CCC4=CC(=O)C=C[C@]4(C)[C@@]3(F)[C@@H](O)C[C@@]21C. The number of aliphatic hydroxyl groups excluding tert-OH is 1. The van der Waals surface area contributed by atoms with E-state index < -0.39 is 64.5 Å². The lowest BCUT2D eigenvalue weighted by molar-refractivity contribution is -0.219. The van der Waals surface area contributed by atoms with Crippen LogP contribution in [0.4, 0.5) is 9.18 Å². The van der Waals surface area contributed by atoms with Crippen molar-refractivity contribution in [2.75, 3.05) is 39.6 Å². The quantitative estimate of drug-likeness (QED) is 0.310. The summed E-state index contributed by atoms with van der Waals surface area (Å²) >= 11 is 0. The van der Waals surface area contributed by atoms with Crippen molar-refractivity contribution < 1.29 is 47.9 Å². The van der Waals surface area contributed by atoms with Crippen LogP contribution in [0.5, 0.6) is 0 Å². The maximum Gasteiger partial charge on any atom is 0.508 e. The van der Waals surface area contributed by atoms with Gasteiger partial charge in [-0.2, -0.15) is 0 Å². The number of fused-ring (bicyclic) bond motifs is 5. The van der Waals surface area contributed by atoms with Gasteiger partial charge in [-0.05, 0) is 63.5 Å². The molecule has 0 radical (unpaired) electrons. The summed E-state index contributed by atoms with van der Waals surface area (Å²) in [6.45, 7) is 7.79. The van der Waals surface area contributed by atoms with E-state index in [1.165, 1.54) is 12.2 Å². The maximum absolute atomic E-state index is 17.2. The van der Waals surface area contributed by atoms with Crippen molar-refractivity contribution in [3.05, 3.63) is 23.8 Å². The number of carbonyl (C=O) groups excluding carboxylic acids is 3. The highest BCUT2D eigenvalue weighted by Crippen LogP contribution is 2.70. The molecule has 0 aliphatic heterocycles. The lowest BCUT2D eigenvalue weighted by Crippen LogP contribution is -2.69. The molecule has 0 unspecified atom stereocenters. The normalized spacial score (nSPS) is 40.8. The molecule has 4 aliphatic carbocycles. The highest BCUT2D eigenvalue weighted by molar-refractivity contribution is 6.01. The van der Waals surface area contributed by atoms with Crippen molar-refractivity contribution in [3.63, 3.8) is 0 Å². The molecule has 0 heterocycles. The second kappa shape index (κ2) is 11.0. The van der Waals surface area contributed by atoms with E-state index in [4.69, 9.17) is 18.9 Å². The van der Waals surface area contributed by atoms with Crippen LogP contribution in [0.15, 0.2) is 23.8 Å². The number of aliphatic hydroxyl groups is 2. The van der Waals surface area contributed by atoms with Gasteiger partial charge < -0.3 is 29.2 Å². The van der Waals surface area contributed by atoms with Crippen molar-refractivity contribution >= 4 is 17.7 Å². The molecule has 0 spiro atoms. The van der Waals surface area contributed by atoms with E-state index in [0.717, 1.165) is 0 Å². The van der Waals surface area contributed by atoms with Crippen LogP contribution in [0, 0.1) is 28.6 Å². The van der Waals surface area contributed by atoms with Crippen molar-refractivity contribution in [1.29, 1.82) is 0 Å². The predicted molar refractivity (Wildman–Crippen MR) is 137 cm³/mol. The first-order valence-corrected chi connectivity index (χ1v) is 13.9. The lowest BCUT2D eigenvalue weighted by atomic mass is 9.44. The topological polar surface area (TPSA) is 129 Å². The predicted octanol–water partition coefficient (Wildman–Crippen LogP) is 3.11. The van der Waals surface area contributed by atoms with Gasteiger partial charge in [0, 0.05) is 23.4 Å². The molecule has 0 aromatic carbocycles. The molecule has 2 N–H and O–H groups in total. The van der Waals surface area contributed by atoms with E-state index in [2.05, 4.69) is 0 Å². The Kier molecular flexibility index (Phi) is 8.44. The lowest BCUT2D eigenvalue weighted by Gasteiger charge is -2.62. The molecule has 10 heteroatoms. The van der Waals surface area contributed by atoms with Gasteiger partial charge in [-0.3, -0.25) is 9.59 Å². The Morgan fingerprint density at radius 1 is 1.10 bits per heavy atom. The number of ketones is 2. The smallest absolute Gasteiger partial charge is 0.432 e. The number of hydrogen-bond donors (Lipinski definition) is 2. The Balaban J connectivity index is 1.44. The van der Waals surface area contributed by atoms with Crippen molar-refractivity contribution in [1.82, 2.24) is 0 Å². The molecule has 3 fully saturated rings. The highest BCUT2D eigenvalue weighted by atomic mass is 19.1. The van der Waals surface area contributed by atoms with Crippen LogP contribution in [0.25, 0.3) is 0 Å². The van der Waals surface area contributed by atoms with Crippen LogP contribution >= 0.6 is 0 Å². The van der Waals surface area contributed by atoms with Crippen LogP contribution in [0.1, 0.15) is 53.4 Å². The van der Waals surface area contributed by atoms with Gasteiger partial charge in [-0.25, -0.2) is 9.18 Å². The summed E-state index contributed by atoms with van der Waals surface area (Å²) in [6.07, 6.45) is 2.98. The average Bonchev–Trinajstić information content (AvgIpc) is 3.09. The molecule has 0 aromatic rings. The molecular weight excluding hydrogens is 511 g/mol. The van der Waals surface area contributed by atoms with Gasteiger partial charge in [-0.15, -0.1) is 0 Å². The molecule has 4 rings (SSSR count). The van der Waals surface area contributed by atoms with E-state index in [9.17, 15) is 24.6 Å². The van der Waals surface area contributed by atoms with Gasteiger partial charge in [0.1, 0.15) is 12.2 Å². The number of Topliss-reactive ketones (excluding diaryl/α,β-unsaturated/α-hetero) is 1. The van der Waals surface area contributed by atoms with Gasteiger partial charge in [0.25, 0.3) is 0 Å². The Morgan fingerprint density at radius 3 is 2.51 bits per heavy atom. The number of ether oxygens (including phenoxy) is 4. The summed E-state index contributed by atoms with van der Waals surface area (Å²) in [7, 11) is 0. The van der Waals surface area contributed by atoms with E-state index in [0.29, 0.717) is 44.7 Å². The molecular formula is C29H41FO9. The first-order valence-electron chi connectivity index (χ1n) is 13.9. The molecule has 0 aromatic heterocycles. The summed E-state index contributed by atoms with van der Waals surface area (Å²) < 4.78 is 37.6. The average molecular weight is 553 g/mol. The fraction of sp³-hybridized carbons (Fsp3) is 0.759. The Bertz CT molecular complexity index is 1040. The van der Waals surface area contributed by atoms with E-state index >= 15 is 4.39 Å². The fourth-order valence-electron chi connectivity index (χ4n) is 7.96. The molecule has 0 saturated heterocycles. The third-order valence-electron chi connectivity index (χ3n) is 9.99. The minimum Gasteiger partial charge on any atom is -0.432 e. The number of rotatable bonds is 10. The number of halogens is 1. The van der Waals surface area contributed by atoms with Crippen molar-refractivity contribution in [2.45, 2.75) is 70.8 Å². The summed E-state index contributed by atoms with van der Waals surface area (Å²) in [6, 6.07) is 0. The largest absolute Gasteiger partial charge is 0.508 e. The Morgan fingerprint density at radius 2 is 1.79 bits per heavy atom. The fourth-order valence-corrected chi connectivity index (χ4v) is 7.96. The first-order chi connectivity index (χ1) is 18.4. The minimum absolute atomic E-state index is 0.0681. The van der Waals surface area contributed by atoms with Gasteiger partial charge in [0.05, 0.1) is 25.9 Å². The number of allylic oxidation sites excluding steroid dienone is 4. The summed E-state index contributed by atoms with van der Waals surface area (Å²) in [4.78, 5) is 37.5. The molecule has 3 saturated carbocycles. The van der Waals surface area contributed by atoms with Gasteiger partial charge in [-0.1, -0.05) is 25.5 Å². The summed E-state index contributed by atoms with van der Waals surface area (Å²) in [5, 5.41) is 23.3. The van der Waals surface area contributed by atoms with E-state index in [1.54, 1.807) is 26.8 Å². The Hall–Kier alpha value is -2.14. The van der Waals surface area contributed by atoms with Gasteiger partial charge in [0.2, 0.25) is 5.78 Å². The van der Waals surface area contributed by atoms with Crippen LogP contribution in [-0.4, -0.2) is 84.9 Å². The summed E-state index contributed by atoms with van der Waals surface area (Å²) in [5.41, 5.74) is -5.62. The number of alkyl halides is 1. The Labute approximate surface area is 228 Å². The molecule has 218 valence electrons. The van der Waals surface area contributed by atoms with Crippen LogP contribution in [0.2, 0.25) is 0 Å². The van der Waals surface area contributed by atoms with Crippen molar-refractivity contribution in [3.8, 4) is 0 Å². The van der Waals surface area contributed by atoms with E-state index in [-0.39, 0.29) is 25.4 Å². The van der Waals surface area contributed by atoms with E-state index in [1.807, 2.05) is 6.92 Å². The second-order valence-electron chi connectivity index (χ2n) is 11.8. The van der Waals surface area contributed by atoms with Crippen LogP contribution in [0.3, 0.4) is 0 Å². The maximum atomic E-state index is 17.2. The molecule has 9 nitrogen and oxygen atoms in total. The monoisotopic (exact) mass is 552 g/mol. The first kappa shape index (κ1) is 29.8. The minimum atomic E-state index is -2.06. The highest BCUT2D eigenvalue weighted by Gasteiger charge is 2.75. The molecule has 39 heavy (non-hydrogen) atoms. The third kappa shape index (κ3) is 4.67. The van der Waals surface area contributed by atoms with Crippen LogP contribution in [-0.2, 0) is 28.5 Å².